The molecule has 1 aliphatic rings. The summed E-state index contributed by atoms with van der Waals surface area (Å²) in [6, 6.07) is 8.03. The van der Waals surface area contributed by atoms with Gasteiger partial charge in [0.15, 0.2) is 0 Å². The van der Waals surface area contributed by atoms with Crippen molar-refractivity contribution in [1.29, 1.82) is 0 Å². The van der Waals surface area contributed by atoms with E-state index in [0.717, 1.165) is 12.1 Å². The van der Waals surface area contributed by atoms with Gasteiger partial charge in [0, 0.05) is 24.4 Å². The standard InChI is InChI=1S/C16H22N2O2/c1-10(2)17-9-13-5-7-14(8-6-13)18-15(19)11(3)12(4)16(18)20/h5-8,10-12,17H,9H2,1-4H3. The van der Waals surface area contributed by atoms with Crippen LogP contribution in [0.2, 0.25) is 0 Å². The lowest BCUT2D eigenvalue weighted by Gasteiger charge is -2.15. The number of imide groups is 1. The fourth-order valence-electron chi connectivity index (χ4n) is 2.28. The third-order valence-corrected chi connectivity index (χ3v) is 3.88. The number of hydrogen-bond acceptors (Lipinski definition) is 3. The van der Waals surface area contributed by atoms with Crippen LogP contribution in [0.5, 0.6) is 0 Å². The van der Waals surface area contributed by atoms with E-state index in [0.29, 0.717) is 11.7 Å². The second-order valence-corrected chi connectivity index (χ2v) is 5.79. The summed E-state index contributed by atoms with van der Waals surface area (Å²) in [7, 11) is 0. The first-order chi connectivity index (χ1) is 9.41. The second kappa shape index (κ2) is 5.75. The lowest BCUT2D eigenvalue weighted by Crippen LogP contribution is -2.30. The third kappa shape index (κ3) is 2.75. The van der Waals surface area contributed by atoms with E-state index in [9.17, 15) is 9.59 Å². The Morgan fingerprint density at radius 1 is 1.05 bits per heavy atom. The van der Waals surface area contributed by atoms with Gasteiger partial charge in [-0.05, 0) is 17.7 Å². The van der Waals surface area contributed by atoms with Gasteiger partial charge in [0.1, 0.15) is 0 Å². The highest BCUT2D eigenvalue weighted by Gasteiger charge is 2.42. The number of rotatable bonds is 4. The topological polar surface area (TPSA) is 49.4 Å². The Labute approximate surface area is 120 Å². The molecule has 4 heteroatoms. The summed E-state index contributed by atoms with van der Waals surface area (Å²) in [5.41, 5.74) is 1.81. The van der Waals surface area contributed by atoms with Crippen LogP contribution in [0.25, 0.3) is 0 Å². The van der Waals surface area contributed by atoms with Crippen molar-refractivity contribution < 1.29 is 9.59 Å². The maximum absolute atomic E-state index is 12.1. The molecule has 1 fully saturated rings. The van der Waals surface area contributed by atoms with E-state index in [-0.39, 0.29) is 23.7 Å². The third-order valence-electron chi connectivity index (χ3n) is 3.88. The molecule has 1 aliphatic heterocycles. The number of carbonyl (C=O) groups is 2. The van der Waals surface area contributed by atoms with Gasteiger partial charge >= 0.3 is 0 Å². The van der Waals surface area contributed by atoms with Crippen LogP contribution in [-0.4, -0.2) is 17.9 Å². The van der Waals surface area contributed by atoms with Crippen LogP contribution < -0.4 is 10.2 Å². The van der Waals surface area contributed by atoms with Gasteiger partial charge in [-0.3, -0.25) is 14.5 Å². The quantitative estimate of drug-likeness (QED) is 0.857. The van der Waals surface area contributed by atoms with Gasteiger partial charge in [-0.15, -0.1) is 0 Å². The van der Waals surface area contributed by atoms with E-state index in [1.54, 1.807) is 0 Å². The molecule has 1 aromatic carbocycles. The van der Waals surface area contributed by atoms with Gasteiger partial charge in [0.05, 0.1) is 5.69 Å². The molecule has 1 N–H and O–H groups in total. The lowest BCUT2D eigenvalue weighted by molar-refractivity contribution is -0.122. The summed E-state index contributed by atoms with van der Waals surface area (Å²) in [6.07, 6.45) is 0. The van der Waals surface area contributed by atoms with Gasteiger partial charge in [0.25, 0.3) is 0 Å². The number of amides is 2. The first kappa shape index (κ1) is 14.7. The number of nitrogens with zero attached hydrogens (tertiary/aromatic N) is 1. The van der Waals surface area contributed by atoms with E-state index in [4.69, 9.17) is 0 Å². The minimum Gasteiger partial charge on any atom is -0.310 e. The van der Waals surface area contributed by atoms with Gasteiger partial charge in [-0.1, -0.05) is 39.8 Å². The minimum absolute atomic E-state index is 0.101. The van der Waals surface area contributed by atoms with Crippen LogP contribution >= 0.6 is 0 Å². The highest BCUT2D eigenvalue weighted by atomic mass is 16.2. The predicted molar refractivity (Wildman–Crippen MR) is 79.2 cm³/mol. The van der Waals surface area contributed by atoms with Crippen molar-refractivity contribution in [2.75, 3.05) is 4.90 Å². The number of carbonyl (C=O) groups excluding carboxylic acids is 2. The summed E-state index contributed by atoms with van der Waals surface area (Å²) in [5.74, 6) is -0.666. The molecule has 20 heavy (non-hydrogen) atoms. The molecule has 2 rings (SSSR count). The zero-order valence-corrected chi connectivity index (χ0v) is 12.5. The monoisotopic (exact) mass is 274 g/mol. The Bertz CT molecular complexity index is 488. The van der Waals surface area contributed by atoms with E-state index in [2.05, 4.69) is 19.2 Å². The van der Waals surface area contributed by atoms with Crippen LogP contribution in [0.15, 0.2) is 24.3 Å². The smallest absolute Gasteiger partial charge is 0.237 e. The highest BCUT2D eigenvalue weighted by Crippen LogP contribution is 2.30. The second-order valence-electron chi connectivity index (χ2n) is 5.79. The van der Waals surface area contributed by atoms with Crippen molar-refractivity contribution in [3.8, 4) is 0 Å². The first-order valence-electron chi connectivity index (χ1n) is 7.12. The molecule has 0 saturated carbocycles. The fraction of sp³-hybridized carbons (Fsp3) is 0.500. The molecule has 1 saturated heterocycles. The molecule has 1 aromatic rings. The Morgan fingerprint density at radius 3 is 2.00 bits per heavy atom. The molecule has 0 radical (unpaired) electrons. The highest BCUT2D eigenvalue weighted by molar-refractivity contribution is 6.21. The zero-order chi connectivity index (χ0) is 14.9. The molecular formula is C16H22N2O2. The molecule has 2 unspecified atom stereocenters. The van der Waals surface area contributed by atoms with Crippen LogP contribution in [0.1, 0.15) is 33.3 Å². The van der Waals surface area contributed by atoms with Crippen molar-refractivity contribution in [2.45, 2.75) is 40.3 Å². The number of anilines is 1. The van der Waals surface area contributed by atoms with Crippen molar-refractivity contribution in [3.63, 3.8) is 0 Å². The maximum atomic E-state index is 12.1. The summed E-state index contributed by atoms with van der Waals surface area (Å²) in [6.45, 7) is 8.60. The largest absolute Gasteiger partial charge is 0.310 e. The number of benzene rings is 1. The Kier molecular flexibility index (Phi) is 4.23. The Morgan fingerprint density at radius 2 is 1.55 bits per heavy atom. The average Bonchev–Trinajstić information content (AvgIpc) is 2.62. The van der Waals surface area contributed by atoms with Gasteiger partial charge in [-0.2, -0.15) is 0 Å². The van der Waals surface area contributed by atoms with Crippen LogP contribution in [0.4, 0.5) is 5.69 Å². The summed E-state index contributed by atoms with van der Waals surface area (Å²) >= 11 is 0. The average molecular weight is 274 g/mol. The lowest BCUT2D eigenvalue weighted by atomic mass is 10.00. The van der Waals surface area contributed by atoms with E-state index < -0.39 is 0 Å². The van der Waals surface area contributed by atoms with E-state index >= 15 is 0 Å². The molecule has 2 atom stereocenters. The van der Waals surface area contributed by atoms with Crippen LogP contribution in [0.3, 0.4) is 0 Å². The van der Waals surface area contributed by atoms with Crippen molar-refractivity contribution in [2.24, 2.45) is 11.8 Å². The van der Waals surface area contributed by atoms with Crippen molar-refractivity contribution in [1.82, 2.24) is 5.32 Å². The summed E-state index contributed by atoms with van der Waals surface area (Å²) in [4.78, 5) is 25.6. The molecule has 4 nitrogen and oxygen atoms in total. The summed E-state index contributed by atoms with van der Waals surface area (Å²) in [5, 5.41) is 3.33. The molecule has 0 aliphatic carbocycles. The predicted octanol–water partition coefficient (Wildman–Crippen LogP) is 2.33. The molecular weight excluding hydrogens is 252 g/mol. The molecule has 2 amide bonds. The molecule has 0 aromatic heterocycles. The normalized spacial score (nSPS) is 22.9. The Hall–Kier alpha value is -1.68. The number of nitrogens with one attached hydrogen (secondary N) is 1. The molecule has 0 spiro atoms. The van der Waals surface area contributed by atoms with Crippen molar-refractivity contribution in [3.05, 3.63) is 29.8 Å². The van der Waals surface area contributed by atoms with E-state index in [1.165, 1.54) is 4.90 Å². The molecule has 0 bridgehead atoms. The number of hydrogen-bond donors (Lipinski definition) is 1. The molecule has 108 valence electrons. The van der Waals surface area contributed by atoms with Crippen LogP contribution in [0, 0.1) is 11.8 Å². The van der Waals surface area contributed by atoms with Crippen molar-refractivity contribution >= 4 is 17.5 Å². The zero-order valence-electron chi connectivity index (χ0n) is 12.5. The minimum atomic E-state index is -0.232. The van der Waals surface area contributed by atoms with Gasteiger partial charge in [-0.25, -0.2) is 0 Å². The summed E-state index contributed by atoms with van der Waals surface area (Å²) < 4.78 is 0. The SMILES string of the molecule is CC(C)NCc1ccc(N2C(=O)C(C)C(C)C2=O)cc1. The maximum Gasteiger partial charge on any atom is 0.237 e. The fourth-order valence-corrected chi connectivity index (χ4v) is 2.28. The van der Waals surface area contributed by atoms with Crippen LogP contribution in [-0.2, 0) is 16.1 Å². The molecule has 1 heterocycles. The Balaban J connectivity index is 2.14. The van der Waals surface area contributed by atoms with E-state index in [1.807, 2.05) is 38.1 Å². The van der Waals surface area contributed by atoms with Gasteiger partial charge < -0.3 is 5.32 Å². The van der Waals surface area contributed by atoms with Gasteiger partial charge in [0.2, 0.25) is 11.8 Å². The first-order valence-corrected chi connectivity index (χ1v) is 7.12.